The third kappa shape index (κ3) is 4.68. The molecule has 0 aromatic carbocycles. The average Bonchev–Trinajstić information content (AvgIpc) is 2.54. The van der Waals surface area contributed by atoms with Gasteiger partial charge < -0.3 is 10.2 Å². The summed E-state index contributed by atoms with van der Waals surface area (Å²) >= 11 is 0. The molecule has 1 unspecified atom stereocenters. The van der Waals surface area contributed by atoms with E-state index in [9.17, 15) is 0 Å². The minimum Gasteiger partial charge on any atom is -0.354 e. The third-order valence-corrected chi connectivity index (χ3v) is 4.21. The van der Waals surface area contributed by atoms with Crippen LogP contribution in [0.25, 0.3) is 0 Å². The molecular formula is C17H30N4. The summed E-state index contributed by atoms with van der Waals surface area (Å²) in [5.41, 5.74) is 1.34. The van der Waals surface area contributed by atoms with Crippen LogP contribution in [0.4, 0.5) is 5.82 Å². The first-order chi connectivity index (χ1) is 10.2. The van der Waals surface area contributed by atoms with Crippen LogP contribution in [-0.4, -0.2) is 49.2 Å². The van der Waals surface area contributed by atoms with Gasteiger partial charge in [-0.15, -0.1) is 0 Å². The Morgan fingerprint density at radius 3 is 2.62 bits per heavy atom. The van der Waals surface area contributed by atoms with E-state index in [4.69, 9.17) is 0 Å². The minimum atomic E-state index is 0.396. The standard InChI is InChI=1S/C17H30N4/c1-4-7-18-15(3)16-6-8-19-17(14-16)21-12-10-20(9-5-2)11-13-21/h6,8,14-15,18H,4-5,7,9-13H2,1-3H3. The summed E-state index contributed by atoms with van der Waals surface area (Å²) in [5.74, 6) is 1.13. The highest BCUT2D eigenvalue weighted by Gasteiger charge is 2.18. The summed E-state index contributed by atoms with van der Waals surface area (Å²) in [6.07, 6.45) is 4.36. The van der Waals surface area contributed by atoms with Crippen LogP contribution in [-0.2, 0) is 0 Å². The fraction of sp³-hybridized carbons (Fsp3) is 0.706. The van der Waals surface area contributed by atoms with E-state index in [1.165, 1.54) is 24.9 Å². The van der Waals surface area contributed by atoms with Gasteiger partial charge in [-0.25, -0.2) is 4.98 Å². The average molecular weight is 290 g/mol. The Morgan fingerprint density at radius 2 is 1.95 bits per heavy atom. The van der Waals surface area contributed by atoms with Crippen LogP contribution >= 0.6 is 0 Å². The van der Waals surface area contributed by atoms with Crippen molar-refractivity contribution in [1.82, 2.24) is 15.2 Å². The molecule has 21 heavy (non-hydrogen) atoms. The predicted molar refractivity (Wildman–Crippen MR) is 89.9 cm³/mol. The lowest BCUT2D eigenvalue weighted by molar-refractivity contribution is 0.258. The summed E-state index contributed by atoms with van der Waals surface area (Å²) < 4.78 is 0. The van der Waals surface area contributed by atoms with E-state index in [1.807, 2.05) is 6.20 Å². The maximum absolute atomic E-state index is 4.58. The Balaban J connectivity index is 1.95. The van der Waals surface area contributed by atoms with E-state index >= 15 is 0 Å². The molecule has 1 aromatic rings. The summed E-state index contributed by atoms with van der Waals surface area (Å²) in [6.45, 7) is 13.5. The van der Waals surface area contributed by atoms with Gasteiger partial charge in [-0.05, 0) is 50.6 Å². The third-order valence-electron chi connectivity index (χ3n) is 4.21. The van der Waals surface area contributed by atoms with Crippen molar-refractivity contribution in [1.29, 1.82) is 0 Å². The van der Waals surface area contributed by atoms with Crippen molar-refractivity contribution < 1.29 is 0 Å². The van der Waals surface area contributed by atoms with Gasteiger partial charge in [-0.3, -0.25) is 4.90 Å². The molecule has 1 saturated heterocycles. The van der Waals surface area contributed by atoms with E-state index < -0.39 is 0 Å². The highest BCUT2D eigenvalue weighted by molar-refractivity contribution is 5.42. The monoisotopic (exact) mass is 290 g/mol. The van der Waals surface area contributed by atoms with Gasteiger partial charge >= 0.3 is 0 Å². The van der Waals surface area contributed by atoms with Gasteiger partial charge in [0.1, 0.15) is 5.82 Å². The van der Waals surface area contributed by atoms with Crippen molar-refractivity contribution in [2.75, 3.05) is 44.2 Å². The molecule has 1 atom stereocenters. The van der Waals surface area contributed by atoms with Gasteiger partial charge in [0.15, 0.2) is 0 Å². The van der Waals surface area contributed by atoms with Crippen molar-refractivity contribution >= 4 is 5.82 Å². The molecule has 2 rings (SSSR count). The second kappa shape index (κ2) is 8.35. The first-order valence-electron chi connectivity index (χ1n) is 8.41. The number of anilines is 1. The van der Waals surface area contributed by atoms with Crippen molar-refractivity contribution in [3.8, 4) is 0 Å². The maximum atomic E-state index is 4.58. The number of pyridine rings is 1. The second-order valence-electron chi connectivity index (χ2n) is 5.95. The van der Waals surface area contributed by atoms with Crippen LogP contribution in [0.5, 0.6) is 0 Å². The van der Waals surface area contributed by atoms with E-state index in [-0.39, 0.29) is 0 Å². The quantitative estimate of drug-likeness (QED) is 0.836. The molecule has 0 aliphatic carbocycles. The van der Waals surface area contributed by atoms with Crippen LogP contribution < -0.4 is 10.2 Å². The van der Waals surface area contributed by atoms with Crippen LogP contribution in [0.15, 0.2) is 18.3 Å². The predicted octanol–water partition coefficient (Wildman–Crippen LogP) is 2.67. The van der Waals surface area contributed by atoms with Crippen LogP contribution in [0.3, 0.4) is 0 Å². The molecule has 0 spiro atoms. The lowest BCUT2D eigenvalue weighted by Crippen LogP contribution is -2.46. The highest BCUT2D eigenvalue weighted by Crippen LogP contribution is 2.19. The number of rotatable bonds is 7. The van der Waals surface area contributed by atoms with Crippen LogP contribution in [0.1, 0.15) is 45.2 Å². The lowest BCUT2D eigenvalue weighted by atomic mass is 10.1. The first kappa shape index (κ1) is 16.2. The molecule has 1 aliphatic heterocycles. The molecule has 1 aliphatic rings. The summed E-state index contributed by atoms with van der Waals surface area (Å²) in [7, 11) is 0. The molecule has 0 saturated carbocycles. The van der Waals surface area contributed by atoms with E-state index in [1.54, 1.807) is 0 Å². The largest absolute Gasteiger partial charge is 0.354 e. The van der Waals surface area contributed by atoms with E-state index in [0.717, 1.165) is 38.5 Å². The van der Waals surface area contributed by atoms with Crippen molar-refractivity contribution in [3.05, 3.63) is 23.9 Å². The molecule has 1 fully saturated rings. The Labute approximate surface area is 129 Å². The molecule has 0 bridgehead atoms. The van der Waals surface area contributed by atoms with Crippen molar-refractivity contribution in [2.24, 2.45) is 0 Å². The molecule has 2 heterocycles. The number of nitrogens with one attached hydrogen (secondary N) is 1. The zero-order chi connectivity index (χ0) is 15.1. The number of aromatic nitrogens is 1. The minimum absolute atomic E-state index is 0.396. The van der Waals surface area contributed by atoms with Crippen molar-refractivity contribution in [2.45, 2.75) is 39.7 Å². The number of piperazine rings is 1. The molecule has 0 amide bonds. The molecule has 118 valence electrons. The van der Waals surface area contributed by atoms with E-state index in [2.05, 4.69) is 53.0 Å². The fourth-order valence-electron chi connectivity index (χ4n) is 2.87. The zero-order valence-corrected chi connectivity index (χ0v) is 13.8. The first-order valence-corrected chi connectivity index (χ1v) is 8.41. The SMILES string of the molecule is CCCNC(C)c1ccnc(N2CCN(CCC)CC2)c1. The summed E-state index contributed by atoms with van der Waals surface area (Å²) in [6, 6.07) is 4.78. The summed E-state index contributed by atoms with van der Waals surface area (Å²) in [4.78, 5) is 9.54. The Kier molecular flexibility index (Phi) is 6.46. The van der Waals surface area contributed by atoms with Gasteiger partial charge in [0, 0.05) is 38.4 Å². The van der Waals surface area contributed by atoms with Gasteiger partial charge in [0.2, 0.25) is 0 Å². The topological polar surface area (TPSA) is 31.4 Å². The molecule has 1 N–H and O–H groups in total. The van der Waals surface area contributed by atoms with Gasteiger partial charge in [-0.1, -0.05) is 13.8 Å². The number of nitrogens with zero attached hydrogens (tertiary/aromatic N) is 3. The van der Waals surface area contributed by atoms with Crippen LogP contribution in [0, 0.1) is 0 Å². The van der Waals surface area contributed by atoms with E-state index in [0.29, 0.717) is 6.04 Å². The maximum Gasteiger partial charge on any atom is 0.128 e. The lowest BCUT2D eigenvalue weighted by Gasteiger charge is -2.35. The van der Waals surface area contributed by atoms with Crippen molar-refractivity contribution in [3.63, 3.8) is 0 Å². The zero-order valence-electron chi connectivity index (χ0n) is 13.8. The normalized spacial score (nSPS) is 18.0. The smallest absolute Gasteiger partial charge is 0.128 e. The molecule has 4 nitrogen and oxygen atoms in total. The second-order valence-corrected chi connectivity index (χ2v) is 5.95. The Morgan fingerprint density at radius 1 is 1.19 bits per heavy atom. The number of hydrogen-bond donors (Lipinski definition) is 1. The van der Waals surface area contributed by atoms with Gasteiger partial charge in [0.25, 0.3) is 0 Å². The fourth-order valence-corrected chi connectivity index (χ4v) is 2.87. The van der Waals surface area contributed by atoms with Gasteiger partial charge in [0.05, 0.1) is 0 Å². The number of hydrogen-bond acceptors (Lipinski definition) is 4. The Bertz CT molecular complexity index is 413. The molecule has 4 heteroatoms. The van der Waals surface area contributed by atoms with Crippen LogP contribution in [0.2, 0.25) is 0 Å². The molecular weight excluding hydrogens is 260 g/mol. The molecule has 1 aromatic heterocycles. The molecule has 0 radical (unpaired) electrons. The van der Waals surface area contributed by atoms with Gasteiger partial charge in [-0.2, -0.15) is 0 Å². The highest BCUT2D eigenvalue weighted by atomic mass is 15.3. The summed E-state index contributed by atoms with van der Waals surface area (Å²) in [5, 5.41) is 3.55. The Hall–Kier alpha value is -1.13.